The number of aromatic nitrogens is 3. The molecule has 0 amide bonds. The van der Waals surface area contributed by atoms with E-state index in [0.717, 1.165) is 6.42 Å². The van der Waals surface area contributed by atoms with Crippen molar-refractivity contribution in [3.05, 3.63) is 4.60 Å². The Kier molecular flexibility index (Phi) is 3.03. The van der Waals surface area contributed by atoms with Crippen LogP contribution >= 0.6 is 15.9 Å². The molecular weight excluding hydrogens is 298 g/mol. The highest BCUT2D eigenvalue weighted by molar-refractivity contribution is 9.10. The lowest BCUT2D eigenvalue weighted by Gasteiger charge is -2.20. The molecule has 1 aromatic heterocycles. The molecule has 0 bridgehead atoms. The van der Waals surface area contributed by atoms with Gasteiger partial charge in [-0.2, -0.15) is 4.31 Å². The zero-order chi connectivity index (χ0) is 11.9. The number of aryl methyl sites for hydroxylation is 1. The molecule has 2 heterocycles. The van der Waals surface area contributed by atoms with Crippen LogP contribution in [0.25, 0.3) is 0 Å². The van der Waals surface area contributed by atoms with Gasteiger partial charge < -0.3 is 5.73 Å². The maximum Gasteiger partial charge on any atom is 0.264 e. The lowest BCUT2D eigenvalue weighted by Crippen LogP contribution is -2.41. The van der Waals surface area contributed by atoms with Crippen LogP contribution in [0.1, 0.15) is 12.8 Å². The molecule has 0 aliphatic carbocycles. The van der Waals surface area contributed by atoms with Crippen LogP contribution in [0.3, 0.4) is 0 Å². The summed E-state index contributed by atoms with van der Waals surface area (Å²) in [5.41, 5.74) is 5.75. The van der Waals surface area contributed by atoms with Crippen LogP contribution in [0.15, 0.2) is 9.63 Å². The molecule has 9 heteroatoms. The Morgan fingerprint density at radius 2 is 2.25 bits per heavy atom. The minimum absolute atomic E-state index is 0.0462. The van der Waals surface area contributed by atoms with E-state index in [1.54, 1.807) is 0 Å². The molecule has 16 heavy (non-hydrogen) atoms. The van der Waals surface area contributed by atoms with Crippen molar-refractivity contribution in [1.82, 2.24) is 19.3 Å². The monoisotopic (exact) mass is 309 g/mol. The number of sulfonamides is 1. The molecule has 0 aromatic carbocycles. The van der Waals surface area contributed by atoms with E-state index in [-0.39, 0.29) is 9.63 Å². The van der Waals surface area contributed by atoms with Gasteiger partial charge in [0.05, 0.1) is 6.17 Å². The van der Waals surface area contributed by atoms with Gasteiger partial charge >= 0.3 is 0 Å². The zero-order valence-corrected chi connectivity index (χ0v) is 11.1. The highest BCUT2D eigenvalue weighted by atomic mass is 79.9. The molecule has 0 spiro atoms. The van der Waals surface area contributed by atoms with Crippen LogP contribution in [-0.2, 0) is 17.1 Å². The third-order valence-corrected chi connectivity index (χ3v) is 5.35. The van der Waals surface area contributed by atoms with E-state index in [4.69, 9.17) is 5.73 Å². The Morgan fingerprint density at radius 1 is 1.56 bits per heavy atom. The van der Waals surface area contributed by atoms with Crippen LogP contribution < -0.4 is 5.73 Å². The first-order valence-electron chi connectivity index (χ1n) is 4.77. The molecule has 2 N–H and O–H groups in total. The van der Waals surface area contributed by atoms with Gasteiger partial charge in [0.15, 0.2) is 4.60 Å². The molecule has 90 valence electrons. The Balaban J connectivity index is 2.47. The van der Waals surface area contributed by atoms with Crippen LogP contribution in [0, 0.1) is 0 Å². The molecular formula is C7H12BrN5O2S. The molecule has 1 aromatic rings. The van der Waals surface area contributed by atoms with Crippen LogP contribution in [0.2, 0.25) is 0 Å². The summed E-state index contributed by atoms with van der Waals surface area (Å²) in [6.45, 7) is 0.446. The summed E-state index contributed by atoms with van der Waals surface area (Å²) in [4.78, 5) is 0. The summed E-state index contributed by atoms with van der Waals surface area (Å²) in [6, 6.07) is 0. The SMILES string of the molecule is Cn1nnc(Br)c1S(=O)(=O)N1CCCC1N. The summed E-state index contributed by atoms with van der Waals surface area (Å²) in [5.74, 6) is 0. The number of nitrogens with zero attached hydrogens (tertiary/aromatic N) is 4. The molecule has 1 aliphatic heterocycles. The van der Waals surface area contributed by atoms with Crippen molar-refractivity contribution in [3.63, 3.8) is 0 Å². The van der Waals surface area contributed by atoms with Gasteiger partial charge in [-0.05, 0) is 28.8 Å². The van der Waals surface area contributed by atoms with Crippen molar-refractivity contribution in [2.24, 2.45) is 12.8 Å². The number of halogens is 1. The van der Waals surface area contributed by atoms with E-state index in [0.29, 0.717) is 13.0 Å². The van der Waals surface area contributed by atoms with E-state index >= 15 is 0 Å². The highest BCUT2D eigenvalue weighted by Crippen LogP contribution is 2.26. The summed E-state index contributed by atoms with van der Waals surface area (Å²) in [6.07, 6.45) is 1.01. The third kappa shape index (κ3) is 1.77. The first kappa shape index (κ1) is 12.0. The predicted octanol–water partition coefficient (Wildman–Crippen LogP) is -0.353. The van der Waals surface area contributed by atoms with Crippen LogP contribution in [0.5, 0.6) is 0 Å². The van der Waals surface area contributed by atoms with E-state index in [2.05, 4.69) is 26.2 Å². The minimum atomic E-state index is -3.61. The summed E-state index contributed by atoms with van der Waals surface area (Å²) in [5, 5.41) is 7.36. The standard InChI is InChI=1S/C7H12BrN5O2S/c1-12-7(6(8)10-11-12)16(14,15)13-4-2-3-5(13)9/h5H,2-4,9H2,1H3. The summed E-state index contributed by atoms with van der Waals surface area (Å²) in [7, 11) is -2.07. The van der Waals surface area contributed by atoms with E-state index < -0.39 is 16.2 Å². The van der Waals surface area contributed by atoms with Crippen molar-refractivity contribution in [1.29, 1.82) is 0 Å². The van der Waals surface area contributed by atoms with E-state index in [1.807, 2.05) is 0 Å². The second kappa shape index (κ2) is 4.06. The van der Waals surface area contributed by atoms with Crippen molar-refractivity contribution in [2.45, 2.75) is 24.0 Å². The second-order valence-electron chi connectivity index (χ2n) is 3.63. The molecule has 1 atom stereocenters. The fraction of sp³-hybridized carbons (Fsp3) is 0.714. The quantitative estimate of drug-likeness (QED) is 0.805. The fourth-order valence-electron chi connectivity index (χ4n) is 1.77. The lowest BCUT2D eigenvalue weighted by molar-refractivity contribution is 0.390. The van der Waals surface area contributed by atoms with Gasteiger partial charge in [-0.25, -0.2) is 13.1 Å². The van der Waals surface area contributed by atoms with Crippen molar-refractivity contribution in [2.75, 3.05) is 6.54 Å². The maximum absolute atomic E-state index is 12.3. The first-order valence-corrected chi connectivity index (χ1v) is 7.00. The molecule has 0 saturated carbocycles. The molecule has 1 unspecified atom stereocenters. The van der Waals surface area contributed by atoms with Gasteiger partial charge in [-0.1, -0.05) is 5.21 Å². The van der Waals surface area contributed by atoms with Gasteiger partial charge in [0.1, 0.15) is 0 Å². The second-order valence-corrected chi connectivity index (χ2v) is 6.19. The Hall–Kier alpha value is -0.510. The number of hydrogen-bond donors (Lipinski definition) is 1. The van der Waals surface area contributed by atoms with Crippen LogP contribution in [-0.4, -0.2) is 40.4 Å². The van der Waals surface area contributed by atoms with E-state index in [9.17, 15) is 8.42 Å². The van der Waals surface area contributed by atoms with Crippen molar-refractivity contribution in [3.8, 4) is 0 Å². The molecule has 7 nitrogen and oxygen atoms in total. The third-order valence-electron chi connectivity index (χ3n) is 2.54. The van der Waals surface area contributed by atoms with Gasteiger partial charge in [-0.3, -0.25) is 0 Å². The molecule has 1 aliphatic rings. The van der Waals surface area contributed by atoms with E-state index in [1.165, 1.54) is 16.0 Å². The van der Waals surface area contributed by atoms with Gasteiger partial charge in [0, 0.05) is 13.6 Å². The number of rotatable bonds is 2. The molecule has 1 saturated heterocycles. The zero-order valence-electron chi connectivity index (χ0n) is 8.67. The average Bonchev–Trinajstić information content (AvgIpc) is 2.73. The molecule has 1 fully saturated rings. The normalized spacial score (nSPS) is 22.8. The number of hydrogen-bond acceptors (Lipinski definition) is 5. The van der Waals surface area contributed by atoms with Gasteiger partial charge in [0.25, 0.3) is 10.0 Å². The fourth-order valence-corrected chi connectivity index (χ4v) is 4.39. The Morgan fingerprint density at radius 3 is 2.69 bits per heavy atom. The predicted molar refractivity (Wildman–Crippen MR) is 59.8 cm³/mol. The Labute approximate surface area is 102 Å². The Bertz CT molecular complexity index is 479. The molecule has 0 radical (unpaired) electrons. The first-order chi connectivity index (χ1) is 7.44. The highest BCUT2D eigenvalue weighted by Gasteiger charge is 2.36. The lowest BCUT2D eigenvalue weighted by atomic mass is 10.3. The smallest absolute Gasteiger partial charge is 0.264 e. The van der Waals surface area contributed by atoms with Gasteiger partial charge in [-0.15, -0.1) is 5.10 Å². The summed E-state index contributed by atoms with van der Waals surface area (Å²) < 4.78 is 27.3. The van der Waals surface area contributed by atoms with Crippen molar-refractivity contribution < 1.29 is 8.42 Å². The maximum atomic E-state index is 12.3. The van der Waals surface area contributed by atoms with Crippen LogP contribution in [0.4, 0.5) is 0 Å². The minimum Gasteiger partial charge on any atom is -0.315 e. The average molecular weight is 310 g/mol. The molecule has 2 rings (SSSR count). The van der Waals surface area contributed by atoms with Gasteiger partial charge in [0.2, 0.25) is 5.03 Å². The van der Waals surface area contributed by atoms with Crippen molar-refractivity contribution >= 4 is 26.0 Å². The number of nitrogens with two attached hydrogens (primary N) is 1. The largest absolute Gasteiger partial charge is 0.315 e. The topological polar surface area (TPSA) is 94.1 Å². The summed E-state index contributed by atoms with van der Waals surface area (Å²) >= 11 is 3.08.